The fourth-order valence-corrected chi connectivity index (χ4v) is 2.54. The van der Waals surface area contributed by atoms with E-state index in [0.29, 0.717) is 12.7 Å². The van der Waals surface area contributed by atoms with E-state index in [9.17, 15) is 18.4 Å². The van der Waals surface area contributed by atoms with E-state index >= 15 is 0 Å². The van der Waals surface area contributed by atoms with Gasteiger partial charge in [0.15, 0.2) is 5.43 Å². The zero-order chi connectivity index (χ0) is 13.6. The van der Waals surface area contributed by atoms with E-state index in [0.717, 1.165) is 16.8 Å². The van der Waals surface area contributed by atoms with Gasteiger partial charge in [-0.1, -0.05) is 0 Å². The Hall–Kier alpha value is -1.98. The Morgan fingerprint density at radius 1 is 1.47 bits per heavy atom. The molecule has 0 amide bonds. The first-order valence-electron chi connectivity index (χ1n) is 5.97. The molecule has 2 aliphatic rings. The van der Waals surface area contributed by atoms with Crippen LogP contribution in [0.5, 0.6) is 0 Å². The molecule has 0 aromatic carbocycles. The van der Waals surface area contributed by atoms with Crippen LogP contribution in [0.3, 0.4) is 0 Å². The predicted molar refractivity (Wildman–Crippen MR) is 62.9 cm³/mol. The van der Waals surface area contributed by atoms with Gasteiger partial charge >= 0.3 is 6.05 Å². The third-order valence-corrected chi connectivity index (χ3v) is 3.47. The Labute approximate surface area is 107 Å². The average molecular weight is 267 g/mol. The molecule has 3 rings (SSSR count). The van der Waals surface area contributed by atoms with Crippen molar-refractivity contribution in [2.45, 2.75) is 24.8 Å². The summed E-state index contributed by atoms with van der Waals surface area (Å²) in [4.78, 5) is 22.9. The first-order valence-corrected chi connectivity index (χ1v) is 5.97. The van der Waals surface area contributed by atoms with Crippen LogP contribution in [0, 0.1) is 0 Å². The zero-order valence-electron chi connectivity index (χ0n) is 9.94. The number of aldehydes is 1. The minimum Gasteiger partial charge on any atom is -0.491 e. The number of allylic oxidation sites excluding steroid dienone is 1. The first-order chi connectivity index (χ1) is 9.04. The first kappa shape index (κ1) is 12.1. The smallest absolute Gasteiger partial charge is 0.332 e. The third-order valence-electron chi connectivity index (χ3n) is 3.47. The van der Waals surface area contributed by atoms with Crippen molar-refractivity contribution < 1.29 is 18.3 Å². The predicted octanol–water partition coefficient (Wildman–Crippen LogP) is 1.85. The van der Waals surface area contributed by atoms with Gasteiger partial charge in [0.25, 0.3) is 0 Å². The number of halogens is 2. The molecule has 1 aromatic heterocycles. The summed E-state index contributed by atoms with van der Waals surface area (Å²) in [5.74, 6) is -0.417. The van der Waals surface area contributed by atoms with E-state index in [4.69, 9.17) is 4.74 Å². The number of nitrogens with zero attached hydrogens (tertiary/aromatic N) is 1. The lowest BCUT2D eigenvalue weighted by molar-refractivity contribution is -0.109. The van der Waals surface area contributed by atoms with Gasteiger partial charge in [0, 0.05) is 23.7 Å². The Morgan fingerprint density at radius 3 is 3.00 bits per heavy atom. The SMILES string of the molecule is O=CC1CC=C2OCCC(F)(F)n3ccc(=O)c1c32. The Morgan fingerprint density at radius 2 is 2.26 bits per heavy atom. The van der Waals surface area contributed by atoms with Crippen LogP contribution in [0.2, 0.25) is 0 Å². The Bertz CT molecular complexity index is 633. The normalized spacial score (nSPS) is 23.7. The summed E-state index contributed by atoms with van der Waals surface area (Å²) >= 11 is 0. The highest BCUT2D eigenvalue weighted by atomic mass is 19.3. The fourth-order valence-electron chi connectivity index (χ4n) is 2.54. The van der Waals surface area contributed by atoms with E-state index < -0.39 is 23.8 Å². The molecule has 0 saturated carbocycles. The molecule has 1 aliphatic heterocycles. The molecule has 100 valence electrons. The van der Waals surface area contributed by atoms with Gasteiger partial charge in [-0.05, 0) is 12.5 Å². The lowest BCUT2D eigenvalue weighted by Gasteiger charge is -2.25. The van der Waals surface area contributed by atoms with E-state index in [1.54, 1.807) is 6.08 Å². The van der Waals surface area contributed by atoms with Crippen molar-refractivity contribution in [3.05, 3.63) is 39.8 Å². The van der Waals surface area contributed by atoms with Crippen molar-refractivity contribution >= 4 is 12.0 Å². The van der Waals surface area contributed by atoms with E-state index in [1.807, 2.05) is 0 Å². The molecule has 0 bridgehead atoms. The third kappa shape index (κ3) is 1.70. The maximum Gasteiger partial charge on any atom is 0.332 e. The average Bonchev–Trinajstić information content (AvgIpc) is 2.50. The highest BCUT2D eigenvalue weighted by Gasteiger charge is 2.39. The minimum absolute atomic E-state index is 0.0401. The van der Waals surface area contributed by atoms with Gasteiger partial charge < -0.3 is 9.53 Å². The number of hydrogen-bond donors (Lipinski definition) is 0. The molecule has 0 radical (unpaired) electrons. The molecule has 0 saturated heterocycles. The number of carbonyl (C=O) groups excluding carboxylic acids is 1. The molecule has 0 fully saturated rings. The molecular weight excluding hydrogens is 256 g/mol. The molecule has 2 heterocycles. The number of pyridine rings is 1. The van der Waals surface area contributed by atoms with Crippen molar-refractivity contribution in [3.63, 3.8) is 0 Å². The number of hydrogen-bond acceptors (Lipinski definition) is 3. The van der Waals surface area contributed by atoms with Gasteiger partial charge in [-0.15, -0.1) is 0 Å². The monoisotopic (exact) mass is 267 g/mol. The lowest BCUT2D eigenvalue weighted by atomic mass is 9.89. The number of alkyl halides is 2. The van der Waals surface area contributed by atoms with Gasteiger partial charge in [0.1, 0.15) is 12.0 Å². The standard InChI is InChI=1S/C13H11F2NO3/c14-13(15)4-6-19-10-2-1-8(7-17)11-9(18)3-5-16(13)12(10)11/h2-3,5,7-8H,1,4,6H2. The van der Waals surface area contributed by atoms with Crippen LogP contribution in [-0.4, -0.2) is 17.5 Å². The number of ether oxygens (including phenoxy) is 1. The maximum absolute atomic E-state index is 14.0. The quantitative estimate of drug-likeness (QED) is 0.729. The summed E-state index contributed by atoms with van der Waals surface area (Å²) in [7, 11) is 0. The van der Waals surface area contributed by atoms with E-state index in [1.165, 1.54) is 0 Å². The van der Waals surface area contributed by atoms with Crippen molar-refractivity contribution in [2.75, 3.05) is 6.61 Å². The van der Waals surface area contributed by atoms with Gasteiger partial charge in [-0.25, -0.2) is 0 Å². The van der Waals surface area contributed by atoms with Crippen LogP contribution in [-0.2, 0) is 15.6 Å². The molecule has 1 aromatic rings. The number of aromatic nitrogens is 1. The second-order valence-corrected chi connectivity index (χ2v) is 4.62. The topological polar surface area (TPSA) is 48.3 Å². The fraction of sp³-hybridized carbons (Fsp3) is 0.385. The summed E-state index contributed by atoms with van der Waals surface area (Å²) < 4.78 is 34.0. The van der Waals surface area contributed by atoms with Crippen LogP contribution >= 0.6 is 0 Å². The van der Waals surface area contributed by atoms with Crippen molar-refractivity contribution in [2.24, 2.45) is 0 Å². The van der Waals surface area contributed by atoms with Crippen molar-refractivity contribution in [1.82, 2.24) is 4.57 Å². The van der Waals surface area contributed by atoms with Crippen LogP contribution < -0.4 is 5.43 Å². The summed E-state index contributed by atoms with van der Waals surface area (Å²) in [5.41, 5.74) is -0.259. The molecule has 0 spiro atoms. The molecule has 19 heavy (non-hydrogen) atoms. The van der Waals surface area contributed by atoms with Crippen LogP contribution in [0.25, 0.3) is 5.76 Å². The lowest BCUT2D eigenvalue weighted by Crippen LogP contribution is -2.30. The van der Waals surface area contributed by atoms with Gasteiger partial charge in [-0.3, -0.25) is 9.36 Å². The maximum atomic E-state index is 14.0. The molecule has 6 heteroatoms. The summed E-state index contributed by atoms with van der Waals surface area (Å²) in [6.45, 7) is -0.125. The molecule has 1 aliphatic carbocycles. The molecule has 1 atom stereocenters. The highest BCUT2D eigenvalue weighted by Crippen LogP contribution is 2.39. The molecule has 0 N–H and O–H groups in total. The molecular formula is C13H11F2NO3. The van der Waals surface area contributed by atoms with Gasteiger partial charge in [0.2, 0.25) is 0 Å². The van der Waals surface area contributed by atoms with Crippen molar-refractivity contribution in [3.8, 4) is 0 Å². The van der Waals surface area contributed by atoms with E-state index in [2.05, 4.69) is 0 Å². The zero-order valence-corrected chi connectivity index (χ0v) is 9.94. The highest BCUT2D eigenvalue weighted by molar-refractivity contribution is 5.73. The van der Waals surface area contributed by atoms with Gasteiger partial charge in [0.05, 0.1) is 18.7 Å². The van der Waals surface area contributed by atoms with Crippen molar-refractivity contribution in [1.29, 1.82) is 0 Å². The number of rotatable bonds is 1. The van der Waals surface area contributed by atoms with Gasteiger partial charge in [-0.2, -0.15) is 8.78 Å². The second-order valence-electron chi connectivity index (χ2n) is 4.62. The Balaban J connectivity index is 2.36. The second kappa shape index (κ2) is 4.01. The van der Waals surface area contributed by atoms with Crippen LogP contribution in [0.4, 0.5) is 8.78 Å². The Kier molecular flexibility index (Phi) is 2.55. The molecule has 4 nitrogen and oxygen atoms in total. The van der Waals surface area contributed by atoms with E-state index in [-0.39, 0.29) is 23.6 Å². The summed E-state index contributed by atoms with van der Waals surface area (Å²) in [5, 5.41) is 0. The largest absolute Gasteiger partial charge is 0.491 e. The van der Waals surface area contributed by atoms with Crippen LogP contribution in [0.15, 0.2) is 23.1 Å². The summed E-state index contributed by atoms with van der Waals surface area (Å²) in [6.07, 6.45) is 3.12. The van der Waals surface area contributed by atoms with Crippen LogP contribution in [0.1, 0.15) is 30.0 Å². The number of carbonyl (C=O) groups is 1. The summed E-state index contributed by atoms with van der Waals surface area (Å²) in [6, 6.07) is -2.05. The molecule has 1 unspecified atom stereocenters. The minimum atomic E-state index is -3.13.